The molecule has 90 valence electrons. The van der Waals surface area contributed by atoms with E-state index in [9.17, 15) is 4.39 Å². The molecule has 0 saturated heterocycles. The largest absolute Gasteiger partial charge is 0.385 e. The minimum Gasteiger partial charge on any atom is -0.385 e. The summed E-state index contributed by atoms with van der Waals surface area (Å²) in [5.41, 5.74) is 6.50. The first-order valence-electron chi connectivity index (χ1n) is 5.40. The Hall–Kier alpha value is -1.95. The summed E-state index contributed by atoms with van der Waals surface area (Å²) in [5, 5.41) is 6.97. The lowest BCUT2D eigenvalue weighted by molar-refractivity contribution is 0.611. The third-order valence-electron chi connectivity index (χ3n) is 2.32. The number of rotatable bonds is 5. The molecular weight excluding hydrogens is 221 g/mol. The fourth-order valence-electron chi connectivity index (χ4n) is 1.47. The Morgan fingerprint density at radius 3 is 2.94 bits per heavy atom. The highest BCUT2D eigenvalue weighted by Gasteiger charge is 2.05. The van der Waals surface area contributed by atoms with Crippen LogP contribution >= 0.6 is 0 Å². The molecule has 0 fully saturated rings. The standard InChI is InChI=1S/C11H14FN5/c12-10-6-9(15-5-1-4-13)2-3-11(10)17-8-14-7-16-17/h2-3,6-8,15H,1,4-5,13H2. The van der Waals surface area contributed by atoms with Crippen molar-refractivity contribution in [2.24, 2.45) is 5.73 Å². The Labute approximate surface area is 98.5 Å². The van der Waals surface area contributed by atoms with Crippen molar-refractivity contribution in [1.29, 1.82) is 0 Å². The Kier molecular flexibility index (Phi) is 3.66. The first-order chi connectivity index (χ1) is 8.31. The summed E-state index contributed by atoms with van der Waals surface area (Å²) in [6, 6.07) is 4.90. The highest BCUT2D eigenvalue weighted by atomic mass is 19.1. The van der Waals surface area contributed by atoms with Gasteiger partial charge in [0.15, 0.2) is 5.82 Å². The zero-order valence-corrected chi connectivity index (χ0v) is 9.31. The van der Waals surface area contributed by atoms with E-state index in [-0.39, 0.29) is 5.82 Å². The molecule has 0 atom stereocenters. The van der Waals surface area contributed by atoms with Crippen LogP contribution in [0.1, 0.15) is 6.42 Å². The van der Waals surface area contributed by atoms with E-state index in [1.807, 2.05) is 0 Å². The van der Waals surface area contributed by atoms with Gasteiger partial charge in [-0.1, -0.05) is 0 Å². The fourth-order valence-corrected chi connectivity index (χ4v) is 1.47. The molecule has 0 radical (unpaired) electrons. The van der Waals surface area contributed by atoms with Crippen LogP contribution in [0.15, 0.2) is 30.9 Å². The third kappa shape index (κ3) is 2.79. The van der Waals surface area contributed by atoms with E-state index < -0.39 is 0 Å². The topological polar surface area (TPSA) is 68.8 Å². The van der Waals surface area contributed by atoms with Crippen molar-refractivity contribution in [3.63, 3.8) is 0 Å². The second-order valence-corrected chi connectivity index (χ2v) is 3.58. The molecule has 0 aliphatic rings. The number of anilines is 1. The molecule has 17 heavy (non-hydrogen) atoms. The van der Waals surface area contributed by atoms with Gasteiger partial charge in [-0.05, 0) is 31.2 Å². The van der Waals surface area contributed by atoms with Crippen molar-refractivity contribution >= 4 is 5.69 Å². The molecule has 1 heterocycles. The molecule has 1 aromatic carbocycles. The number of aromatic nitrogens is 3. The molecule has 5 nitrogen and oxygen atoms in total. The molecule has 2 aromatic rings. The van der Waals surface area contributed by atoms with Crippen molar-refractivity contribution in [3.8, 4) is 5.69 Å². The average Bonchev–Trinajstić information content (AvgIpc) is 2.83. The second-order valence-electron chi connectivity index (χ2n) is 3.58. The number of hydrogen-bond donors (Lipinski definition) is 2. The van der Waals surface area contributed by atoms with Gasteiger partial charge in [0.25, 0.3) is 0 Å². The predicted octanol–water partition coefficient (Wildman–Crippen LogP) is 1.17. The van der Waals surface area contributed by atoms with Gasteiger partial charge in [0, 0.05) is 12.2 Å². The summed E-state index contributed by atoms with van der Waals surface area (Å²) in [4.78, 5) is 3.78. The van der Waals surface area contributed by atoms with Crippen LogP contribution in [0.25, 0.3) is 5.69 Å². The summed E-state index contributed by atoms with van der Waals surface area (Å²) in [6.07, 6.45) is 3.68. The maximum Gasteiger partial charge on any atom is 0.150 e. The first-order valence-corrected chi connectivity index (χ1v) is 5.40. The van der Waals surface area contributed by atoms with Crippen molar-refractivity contribution in [2.75, 3.05) is 18.4 Å². The van der Waals surface area contributed by atoms with Crippen LogP contribution < -0.4 is 11.1 Å². The number of nitrogens with two attached hydrogens (primary N) is 1. The van der Waals surface area contributed by atoms with Gasteiger partial charge in [-0.25, -0.2) is 14.1 Å². The molecule has 3 N–H and O–H groups in total. The zero-order valence-electron chi connectivity index (χ0n) is 9.31. The van der Waals surface area contributed by atoms with Gasteiger partial charge >= 0.3 is 0 Å². The number of benzene rings is 1. The maximum atomic E-state index is 13.8. The molecule has 6 heteroatoms. The van der Waals surface area contributed by atoms with Crippen LogP contribution in [0.4, 0.5) is 10.1 Å². The van der Waals surface area contributed by atoms with Crippen LogP contribution in [0.2, 0.25) is 0 Å². The second kappa shape index (κ2) is 5.40. The molecular formula is C11H14FN5. The van der Waals surface area contributed by atoms with Gasteiger partial charge in [0.05, 0.1) is 0 Å². The summed E-state index contributed by atoms with van der Waals surface area (Å²) in [5.74, 6) is -0.340. The van der Waals surface area contributed by atoms with Crippen molar-refractivity contribution in [1.82, 2.24) is 14.8 Å². The lowest BCUT2D eigenvalue weighted by Gasteiger charge is -2.08. The maximum absolute atomic E-state index is 13.8. The molecule has 1 aromatic heterocycles. The highest BCUT2D eigenvalue weighted by Crippen LogP contribution is 2.17. The number of nitrogens with one attached hydrogen (secondary N) is 1. The van der Waals surface area contributed by atoms with E-state index in [1.54, 1.807) is 12.1 Å². The Morgan fingerprint density at radius 2 is 2.29 bits per heavy atom. The minimum absolute atomic E-state index is 0.340. The average molecular weight is 235 g/mol. The summed E-state index contributed by atoms with van der Waals surface area (Å²) < 4.78 is 15.2. The first kappa shape index (κ1) is 11.5. The number of hydrogen-bond acceptors (Lipinski definition) is 4. The van der Waals surface area contributed by atoms with Crippen LogP contribution in [0, 0.1) is 5.82 Å². The van der Waals surface area contributed by atoms with Crippen LogP contribution in [-0.4, -0.2) is 27.9 Å². The van der Waals surface area contributed by atoms with Gasteiger partial charge < -0.3 is 11.1 Å². The van der Waals surface area contributed by atoms with E-state index in [4.69, 9.17) is 5.73 Å². The van der Waals surface area contributed by atoms with Crippen LogP contribution in [-0.2, 0) is 0 Å². The van der Waals surface area contributed by atoms with E-state index in [0.29, 0.717) is 12.2 Å². The highest BCUT2D eigenvalue weighted by molar-refractivity contribution is 5.49. The van der Waals surface area contributed by atoms with E-state index in [0.717, 1.165) is 18.7 Å². The van der Waals surface area contributed by atoms with Gasteiger partial charge in [0.1, 0.15) is 18.3 Å². The molecule has 0 unspecified atom stereocenters. The third-order valence-corrected chi connectivity index (χ3v) is 2.32. The number of nitrogens with zero attached hydrogens (tertiary/aromatic N) is 3. The van der Waals surface area contributed by atoms with Gasteiger partial charge in [-0.15, -0.1) is 0 Å². The van der Waals surface area contributed by atoms with Crippen LogP contribution in [0.5, 0.6) is 0 Å². The zero-order chi connectivity index (χ0) is 12.1. The number of halogens is 1. The van der Waals surface area contributed by atoms with Gasteiger partial charge in [-0.3, -0.25) is 0 Å². The van der Waals surface area contributed by atoms with Crippen molar-refractivity contribution in [3.05, 3.63) is 36.7 Å². The lowest BCUT2D eigenvalue weighted by atomic mass is 10.2. The van der Waals surface area contributed by atoms with Crippen LogP contribution in [0.3, 0.4) is 0 Å². The fraction of sp³-hybridized carbons (Fsp3) is 0.273. The van der Waals surface area contributed by atoms with Gasteiger partial charge in [-0.2, -0.15) is 5.10 Å². The summed E-state index contributed by atoms with van der Waals surface area (Å²) in [7, 11) is 0. The quantitative estimate of drug-likeness (QED) is 0.763. The molecule has 0 amide bonds. The molecule has 0 aliphatic carbocycles. The smallest absolute Gasteiger partial charge is 0.150 e. The van der Waals surface area contributed by atoms with Crippen molar-refractivity contribution in [2.45, 2.75) is 6.42 Å². The molecule has 0 bridgehead atoms. The molecule has 0 saturated carbocycles. The normalized spacial score (nSPS) is 10.5. The van der Waals surface area contributed by atoms with E-state index in [1.165, 1.54) is 23.4 Å². The predicted molar refractivity (Wildman–Crippen MR) is 63.5 cm³/mol. The van der Waals surface area contributed by atoms with E-state index >= 15 is 0 Å². The molecule has 0 aliphatic heterocycles. The monoisotopic (exact) mass is 235 g/mol. The minimum atomic E-state index is -0.340. The van der Waals surface area contributed by atoms with Gasteiger partial charge in [0.2, 0.25) is 0 Å². The Morgan fingerprint density at radius 1 is 1.41 bits per heavy atom. The SMILES string of the molecule is NCCCNc1ccc(-n2cncn2)c(F)c1. The summed E-state index contributed by atoms with van der Waals surface area (Å²) in [6.45, 7) is 1.35. The Balaban J connectivity index is 2.12. The Bertz CT molecular complexity index is 469. The lowest BCUT2D eigenvalue weighted by Crippen LogP contribution is -2.09. The van der Waals surface area contributed by atoms with Crippen molar-refractivity contribution < 1.29 is 4.39 Å². The summed E-state index contributed by atoms with van der Waals surface area (Å²) >= 11 is 0. The van der Waals surface area contributed by atoms with E-state index in [2.05, 4.69) is 15.4 Å². The molecule has 2 rings (SSSR count). The molecule has 0 spiro atoms.